The zero-order chi connectivity index (χ0) is 22.8. The second kappa shape index (κ2) is 9.79. The number of piperidine rings is 1. The first kappa shape index (κ1) is 23.0. The van der Waals surface area contributed by atoms with Crippen molar-refractivity contribution in [2.75, 3.05) is 19.8 Å². The van der Waals surface area contributed by atoms with Gasteiger partial charge in [-0.05, 0) is 62.5 Å². The van der Waals surface area contributed by atoms with E-state index in [2.05, 4.69) is 5.32 Å². The number of amides is 2. The smallest absolute Gasteiger partial charge is 0.242 e. The van der Waals surface area contributed by atoms with Crippen molar-refractivity contribution in [3.05, 3.63) is 35.1 Å². The van der Waals surface area contributed by atoms with Crippen molar-refractivity contribution < 1.29 is 27.5 Å². The number of fused-ring (bicyclic) bond motifs is 2. The molecular formula is C23H30F3N3O3. The summed E-state index contributed by atoms with van der Waals surface area (Å²) in [6, 6.07) is 1.08. The summed E-state index contributed by atoms with van der Waals surface area (Å²) in [5, 5.41) is 2.78. The van der Waals surface area contributed by atoms with Crippen LogP contribution in [0.15, 0.2) is 12.1 Å². The van der Waals surface area contributed by atoms with E-state index < -0.39 is 23.5 Å². The molecule has 3 aliphatic rings. The van der Waals surface area contributed by atoms with Gasteiger partial charge in [0.2, 0.25) is 11.8 Å². The van der Waals surface area contributed by atoms with Gasteiger partial charge in [0.25, 0.3) is 0 Å². The van der Waals surface area contributed by atoms with Gasteiger partial charge in [-0.1, -0.05) is 0 Å². The lowest BCUT2D eigenvalue weighted by molar-refractivity contribution is -0.138. The molecule has 176 valence electrons. The molecule has 1 aromatic rings. The van der Waals surface area contributed by atoms with Gasteiger partial charge in [-0.15, -0.1) is 0 Å². The highest BCUT2D eigenvalue weighted by Crippen LogP contribution is 2.40. The molecule has 3 fully saturated rings. The van der Waals surface area contributed by atoms with Crippen LogP contribution in [0.5, 0.6) is 0 Å². The Bertz CT molecular complexity index is 848. The number of carbonyl (C=O) groups excluding carboxylic acids is 2. The monoisotopic (exact) mass is 453 g/mol. The maximum absolute atomic E-state index is 14.0. The summed E-state index contributed by atoms with van der Waals surface area (Å²) in [6.45, 7) is 1.12. The molecule has 9 heteroatoms. The molecule has 4 atom stereocenters. The standard InChI is InChI=1S/C23H30F3N3O3/c24-18-11-20(26)19(25)9-14(18)10-21(27)15-7-16-1-2-17(8-15)29(16)22(30)12-28-23(31)13-3-5-32-6-4-13/h9,11,13,15-17,21H,1-8,10,12,27H2,(H,28,31)/t15?,16-,17+,21-/m1/s1. The van der Waals surface area contributed by atoms with Crippen molar-refractivity contribution in [2.45, 2.75) is 63.1 Å². The van der Waals surface area contributed by atoms with Crippen molar-refractivity contribution >= 4 is 11.8 Å². The fraction of sp³-hybridized carbons (Fsp3) is 0.652. The number of hydrogen-bond acceptors (Lipinski definition) is 4. The molecule has 2 bridgehead atoms. The summed E-state index contributed by atoms with van der Waals surface area (Å²) in [7, 11) is 0. The Kier molecular flexibility index (Phi) is 7.05. The number of nitrogens with one attached hydrogen (secondary N) is 1. The predicted molar refractivity (Wildman–Crippen MR) is 111 cm³/mol. The van der Waals surface area contributed by atoms with Crippen LogP contribution in [0, 0.1) is 29.3 Å². The van der Waals surface area contributed by atoms with Gasteiger partial charge in [0, 0.05) is 43.3 Å². The first-order chi connectivity index (χ1) is 15.3. The highest BCUT2D eigenvalue weighted by molar-refractivity contribution is 5.86. The molecule has 4 rings (SSSR count). The van der Waals surface area contributed by atoms with Gasteiger partial charge in [-0.3, -0.25) is 9.59 Å². The molecule has 32 heavy (non-hydrogen) atoms. The minimum atomic E-state index is -1.21. The maximum Gasteiger partial charge on any atom is 0.242 e. The first-order valence-electron chi connectivity index (χ1n) is 11.4. The summed E-state index contributed by atoms with van der Waals surface area (Å²) < 4.78 is 46.0. The van der Waals surface area contributed by atoms with Crippen LogP contribution in [0.1, 0.15) is 44.1 Å². The average Bonchev–Trinajstić information content (AvgIpc) is 3.05. The second-order valence-electron chi connectivity index (χ2n) is 9.25. The molecule has 0 aliphatic carbocycles. The van der Waals surface area contributed by atoms with Crippen molar-refractivity contribution in [3.8, 4) is 0 Å². The summed E-state index contributed by atoms with van der Waals surface area (Å²) in [5.74, 6) is -3.33. The molecule has 1 unspecified atom stereocenters. The Labute approximate surface area is 185 Å². The maximum atomic E-state index is 14.0. The molecule has 3 heterocycles. The zero-order valence-corrected chi connectivity index (χ0v) is 18.0. The second-order valence-corrected chi connectivity index (χ2v) is 9.25. The number of halogens is 3. The SMILES string of the molecule is N[C@H](Cc1cc(F)c(F)cc1F)C1C[C@H]2CC[C@@H](C1)N2C(=O)CNC(=O)C1CCOCC1. The highest BCUT2D eigenvalue weighted by Gasteiger charge is 2.44. The van der Waals surface area contributed by atoms with Crippen molar-refractivity contribution in [2.24, 2.45) is 17.6 Å². The van der Waals surface area contributed by atoms with Crippen LogP contribution in [0.4, 0.5) is 13.2 Å². The summed E-state index contributed by atoms with van der Waals surface area (Å²) in [6.07, 6.45) is 4.56. The molecule has 6 nitrogen and oxygen atoms in total. The van der Waals surface area contributed by atoms with E-state index in [1.54, 1.807) is 0 Å². The van der Waals surface area contributed by atoms with Crippen LogP contribution in [-0.4, -0.2) is 54.6 Å². The van der Waals surface area contributed by atoms with Crippen LogP contribution < -0.4 is 11.1 Å². The average molecular weight is 454 g/mol. The molecule has 1 aromatic carbocycles. The van der Waals surface area contributed by atoms with Gasteiger partial charge in [0.15, 0.2) is 11.6 Å². The lowest BCUT2D eigenvalue weighted by Crippen LogP contribution is -2.53. The molecule has 3 N–H and O–H groups in total. The largest absolute Gasteiger partial charge is 0.381 e. The van der Waals surface area contributed by atoms with E-state index in [9.17, 15) is 22.8 Å². The molecule has 0 radical (unpaired) electrons. The lowest BCUT2D eigenvalue weighted by atomic mass is 9.82. The van der Waals surface area contributed by atoms with Gasteiger partial charge in [0.05, 0.1) is 6.54 Å². The van der Waals surface area contributed by atoms with Gasteiger partial charge in [-0.25, -0.2) is 13.2 Å². The van der Waals surface area contributed by atoms with Crippen LogP contribution in [0.2, 0.25) is 0 Å². The molecule has 3 aliphatic heterocycles. The third kappa shape index (κ3) is 4.93. The predicted octanol–water partition coefficient (Wildman–Crippen LogP) is 2.29. The molecular weight excluding hydrogens is 423 g/mol. The minimum Gasteiger partial charge on any atom is -0.381 e. The first-order valence-corrected chi connectivity index (χ1v) is 11.4. The van der Waals surface area contributed by atoms with E-state index in [4.69, 9.17) is 10.5 Å². The van der Waals surface area contributed by atoms with Crippen molar-refractivity contribution in [1.29, 1.82) is 0 Å². The lowest BCUT2D eigenvalue weighted by Gasteiger charge is -2.41. The van der Waals surface area contributed by atoms with E-state index in [1.165, 1.54) is 0 Å². The highest BCUT2D eigenvalue weighted by atomic mass is 19.2. The quantitative estimate of drug-likeness (QED) is 0.648. The molecule has 3 saturated heterocycles. The third-order valence-corrected chi connectivity index (χ3v) is 7.21. The van der Waals surface area contributed by atoms with Gasteiger partial charge >= 0.3 is 0 Å². The van der Waals surface area contributed by atoms with Crippen molar-refractivity contribution in [1.82, 2.24) is 10.2 Å². The van der Waals surface area contributed by atoms with Crippen LogP contribution >= 0.6 is 0 Å². The van der Waals surface area contributed by atoms with Crippen LogP contribution in [-0.2, 0) is 20.7 Å². The molecule has 0 spiro atoms. The molecule has 0 aromatic heterocycles. The zero-order valence-electron chi connectivity index (χ0n) is 18.0. The number of hydrogen-bond donors (Lipinski definition) is 2. The Morgan fingerprint density at radius 3 is 2.31 bits per heavy atom. The Morgan fingerprint density at radius 1 is 1.03 bits per heavy atom. The number of rotatable bonds is 6. The molecule has 2 amide bonds. The summed E-state index contributed by atoms with van der Waals surface area (Å²) >= 11 is 0. The summed E-state index contributed by atoms with van der Waals surface area (Å²) in [4.78, 5) is 27.1. The number of nitrogens with zero attached hydrogens (tertiary/aromatic N) is 1. The minimum absolute atomic E-state index is 0.0139. The van der Waals surface area contributed by atoms with Gasteiger partial charge in [-0.2, -0.15) is 0 Å². The van der Waals surface area contributed by atoms with E-state index >= 15 is 0 Å². The molecule has 0 saturated carbocycles. The number of nitrogens with two attached hydrogens (primary N) is 1. The summed E-state index contributed by atoms with van der Waals surface area (Å²) in [5.41, 5.74) is 6.41. The van der Waals surface area contributed by atoms with Gasteiger partial charge < -0.3 is 20.7 Å². The van der Waals surface area contributed by atoms with Crippen LogP contribution in [0.3, 0.4) is 0 Å². The van der Waals surface area contributed by atoms with Crippen molar-refractivity contribution in [3.63, 3.8) is 0 Å². The number of benzene rings is 1. The van der Waals surface area contributed by atoms with Crippen LogP contribution in [0.25, 0.3) is 0 Å². The number of carbonyl (C=O) groups is 2. The normalized spacial score (nSPS) is 26.8. The Morgan fingerprint density at radius 2 is 1.66 bits per heavy atom. The van der Waals surface area contributed by atoms with E-state index in [-0.39, 0.29) is 54.3 Å². The fourth-order valence-electron chi connectivity index (χ4n) is 5.47. The van der Waals surface area contributed by atoms with E-state index in [1.807, 2.05) is 4.90 Å². The Hall–Kier alpha value is -2.13. The third-order valence-electron chi connectivity index (χ3n) is 7.21. The van der Waals surface area contributed by atoms with Gasteiger partial charge in [0.1, 0.15) is 5.82 Å². The fourth-order valence-corrected chi connectivity index (χ4v) is 5.47. The van der Waals surface area contributed by atoms with E-state index in [0.717, 1.165) is 18.9 Å². The number of ether oxygens (including phenoxy) is 1. The topological polar surface area (TPSA) is 84.7 Å². The Balaban J connectivity index is 1.31. The van der Waals surface area contributed by atoms with E-state index in [0.29, 0.717) is 45.0 Å².